The van der Waals surface area contributed by atoms with Crippen molar-refractivity contribution in [2.75, 3.05) is 6.54 Å². The number of amides is 1. The third kappa shape index (κ3) is 3.70. The van der Waals surface area contributed by atoms with Crippen molar-refractivity contribution in [3.63, 3.8) is 0 Å². The summed E-state index contributed by atoms with van der Waals surface area (Å²) in [7, 11) is 0. The van der Waals surface area contributed by atoms with E-state index in [1.54, 1.807) is 0 Å². The molecule has 5 heteroatoms. The van der Waals surface area contributed by atoms with Gasteiger partial charge in [0, 0.05) is 18.4 Å². The molecule has 3 saturated carbocycles. The second-order valence-electron chi connectivity index (χ2n) is 8.56. The van der Waals surface area contributed by atoms with Crippen molar-refractivity contribution in [1.29, 1.82) is 0 Å². The Labute approximate surface area is 138 Å². The molecule has 0 radical (unpaired) electrons. The highest BCUT2D eigenvalue weighted by Gasteiger charge is 2.56. The molecule has 5 nitrogen and oxygen atoms in total. The van der Waals surface area contributed by atoms with Crippen molar-refractivity contribution >= 4 is 11.9 Å². The van der Waals surface area contributed by atoms with Crippen molar-refractivity contribution < 1.29 is 19.4 Å². The predicted molar refractivity (Wildman–Crippen MR) is 85.4 cm³/mol. The highest BCUT2D eigenvalue weighted by molar-refractivity contribution is 5.82. The Morgan fingerprint density at radius 2 is 1.83 bits per heavy atom. The van der Waals surface area contributed by atoms with E-state index in [-0.39, 0.29) is 29.6 Å². The molecule has 0 aromatic carbocycles. The minimum atomic E-state index is -0.536. The number of esters is 1. The Hall–Kier alpha value is -1.10. The van der Waals surface area contributed by atoms with Crippen LogP contribution in [0, 0.1) is 29.6 Å². The number of aliphatic hydroxyl groups excluding tert-OH is 1. The van der Waals surface area contributed by atoms with Crippen LogP contribution < -0.4 is 5.32 Å². The van der Waals surface area contributed by atoms with Gasteiger partial charge >= 0.3 is 5.97 Å². The first-order chi connectivity index (χ1) is 10.8. The van der Waals surface area contributed by atoms with Gasteiger partial charge in [0.25, 0.3) is 0 Å². The van der Waals surface area contributed by atoms with Gasteiger partial charge in [-0.25, -0.2) is 0 Å². The van der Waals surface area contributed by atoms with Gasteiger partial charge in [-0.1, -0.05) is 6.42 Å². The lowest BCUT2D eigenvalue weighted by molar-refractivity contribution is -0.160. The summed E-state index contributed by atoms with van der Waals surface area (Å²) in [4.78, 5) is 24.3. The smallest absolute Gasteiger partial charge is 0.309 e. The monoisotopic (exact) mass is 323 g/mol. The van der Waals surface area contributed by atoms with Gasteiger partial charge in [-0.15, -0.1) is 0 Å². The second-order valence-corrected chi connectivity index (χ2v) is 8.56. The number of carbonyl (C=O) groups is 2. The van der Waals surface area contributed by atoms with E-state index in [1.165, 1.54) is 19.3 Å². The van der Waals surface area contributed by atoms with E-state index in [1.807, 2.05) is 20.8 Å². The first kappa shape index (κ1) is 16.7. The lowest BCUT2D eigenvalue weighted by Gasteiger charge is -2.22. The lowest BCUT2D eigenvalue weighted by Crippen LogP contribution is -2.34. The van der Waals surface area contributed by atoms with E-state index in [0.717, 1.165) is 0 Å². The number of fused-ring (bicyclic) bond motifs is 1. The van der Waals surface area contributed by atoms with E-state index in [9.17, 15) is 14.7 Å². The molecule has 3 aliphatic rings. The molecular formula is C18H29NO4. The number of hydrogen-bond acceptors (Lipinski definition) is 4. The van der Waals surface area contributed by atoms with Crippen molar-refractivity contribution in [2.45, 2.75) is 64.6 Å². The van der Waals surface area contributed by atoms with E-state index in [4.69, 9.17) is 4.74 Å². The fraction of sp³-hybridized carbons (Fsp3) is 0.889. The van der Waals surface area contributed by atoms with E-state index >= 15 is 0 Å². The Bertz CT molecular complexity index is 474. The maximum absolute atomic E-state index is 12.2. The molecule has 0 bridgehead atoms. The molecule has 0 aromatic rings. The van der Waals surface area contributed by atoms with E-state index in [0.29, 0.717) is 31.2 Å². The summed E-state index contributed by atoms with van der Waals surface area (Å²) in [6.45, 7) is 6.01. The van der Waals surface area contributed by atoms with E-state index in [2.05, 4.69) is 5.32 Å². The van der Waals surface area contributed by atoms with Crippen LogP contribution >= 0.6 is 0 Å². The number of carbonyl (C=O) groups excluding carboxylic acids is 2. The topological polar surface area (TPSA) is 75.6 Å². The maximum atomic E-state index is 12.2. The number of ether oxygens (including phenoxy) is 1. The zero-order valence-corrected chi connectivity index (χ0v) is 14.4. The highest BCUT2D eigenvalue weighted by atomic mass is 16.6. The average molecular weight is 323 g/mol. The lowest BCUT2D eigenvalue weighted by atomic mass is 10.0. The van der Waals surface area contributed by atoms with Crippen molar-refractivity contribution in [3.05, 3.63) is 0 Å². The Morgan fingerprint density at radius 3 is 2.43 bits per heavy atom. The fourth-order valence-electron chi connectivity index (χ4n) is 4.46. The van der Waals surface area contributed by atoms with E-state index < -0.39 is 11.7 Å². The zero-order valence-electron chi connectivity index (χ0n) is 14.4. The van der Waals surface area contributed by atoms with Crippen LogP contribution in [0.3, 0.4) is 0 Å². The Balaban J connectivity index is 1.44. The van der Waals surface area contributed by atoms with Crippen LogP contribution in [0.25, 0.3) is 0 Å². The molecule has 0 aliphatic heterocycles. The van der Waals surface area contributed by atoms with Gasteiger partial charge in [0.2, 0.25) is 5.91 Å². The minimum absolute atomic E-state index is 0.0462. The molecule has 1 unspecified atom stereocenters. The Kier molecular flexibility index (Phi) is 4.43. The average Bonchev–Trinajstić information content (AvgIpc) is 2.80. The minimum Gasteiger partial charge on any atom is -0.460 e. The molecule has 0 heterocycles. The van der Waals surface area contributed by atoms with Gasteiger partial charge in [0.05, 0.1) is 12.0 Å². The van der Waals surface area contributed by atoms with Crippen LogP contribution in [0.2, 0.25) is 0 Å². The molecule has 3 rings (SSSR count). The van der Waals surface area contributed by atoms with Crippen LogP contribution in [0.4, 0.5) is 0 Å². The molecule has 3 fully saturated rings. The highest BCUT2D eigenvalue weighted by Crippen LogP contribution is 2.57. The van der Waals surface area contributed by atoms with Crippen molar-refractivity contribution in [3.8, 4) is 0 Å². The van der Waals surface area contributed by atoms with Crippen molar-refractivity contribution in [2.24, 2.45) is 29.6 Å². The van der Waals surface area contributed by atoms with Gasteiger partial charge in [0.1, 0.15) is 5.60 Å². The van der Waals surface area contributed by atoms with Crippen LogP contribution in [0.5, 0.6) is 0 Å². The molecule has 0 saturated heterocycles. The summed E-state index contributed by atoms with van der Waals surface area (Å²) < 4.78 is 5.41. The summed E-state index contributed by atoms with van der Waals surface area (Å²) >= 11 is 0. The van der Waals surface area contributed by atoms with Crippen LogP contribution in [0.1, 0.15) is 52.9 Å². The van der Waals surface area contributed by atoms with Crippen LogP contribution in [0.15, 0.2) is 0 Å². The maximum Gasteiger partial charge on any atom is 0.309 e. The number of hydrogen-bond donors (Lipinski definition) is 2. The number of rotatable bonds is 4. The summed E-state index contributed by atoms with van der Waals surface area (Å²) in [5.41, 5.74) is -0.502. The number of nitrogens with one attached hydrogen (secondary N) is 1. The summed E-state index contributed by atoms with van der Waals surface area (Å²) in [6.07, 6.45) is 4.13. The summed E-state index contributed by atoms with van der Waals surface area (Å²) in [5.74, 6) is 1.04. The normalized spacial score (nSPS) is 39.0. The molecule has 0 spiro atoms. The van der Waals surface area contributed by atoms with Crippen LogP contribution in [-0.4, -0.2) is 35.2 Å². The molecule has 2 N–H and O–H groups in total. The second kappa shape index (κ2) is 6.08. The van der Waals surface area contributed by atoms with Gasteiger partial charge in [-0.2, -0.15) is 0 Å². The number of aliphatic hydroxyl groups is 1. The first-order valence-electron chi connectivity index (χ1n) is 8.95. The van der Waals surface area contributed by atoms with Gasteiger partial charge in [-0.05, 0) is 58.3 Å². The molecule has 6 atom stereocenters. The fourth-order valence-corrected chi connectivity index (χ4v) is 4.46. The summed E-state index contributed by atoms with van der Waals surface area (Å²) in [5, 5.41) is 13.2. The standard InChI is InChI=1S/C18H29NO4/c1-18(2,3)23-17(22)10-7-11(14(20)8-10)9-19-16(21)15-12-5-4-6-13(12)15/h10-15,20H,4-9H2,1-3H3,(H,19,21)/t10-,11-,12-,13+,14-,15?/m0/s1. The Morgan fingerprint density at radius 1 is 1.17 bits per heavy atom. The van der Waals surface area contributed by atoms with Crippen LogP contribution in [-0.2, 0) is 14.3 Å². The molecule has 23 heavy (non-hydrogen) atoms. The molecule has 0 aromatic heterocycles. The first-order valence-corrected chi connectivity index (χ1v) is 8.95. The van der Waals surface area contributed by atoms with Gasteiger partial charge in [-0.3, -0.25) is 9.59 Å². The molecular weight excluding hydrogens is 294 g/mol. The third-order valence-corrected chi connectivity index (χ3v) is 5.65. The predicted octanol–water partition coefficient (Wildman–Crippen LogP) is 1.88. The SMILES string of the molecule is CC(C)(C)OC(=O)[C@H]1C[C@@H](CNC(=O)C2[C@H]3CCC[C@@H]23)[C@@H](O)C1. The molecule has 3 aliphatic carbocycles. The van der Waals surface area contributed by atoms with Gasteiger partial charge in [0.15, 0.2) is 0 Å². The summed E-state index contributed by atoms with van der Waals surface area (Å²) in [6, 6.07) is 0. The quantitative estimate of drug-likeness (QED) is 0.775. The largest absolute Gasteiger partial charge is 0.460 e. The van der Waals surface area contributed by atoms with Gasteiger partial charge < -0.3 is 15.2 Å². The molecule has 1 amide bonds. The molecule has 130 valence electrons. The zero-order chi connectivity index (χ0) is 16.8. The third-order valence-electron chi connectivity index (χ3n) is 5.65. The van der Waals surface area contributed by atoms with Crippen molar-refractivity contribution in [1.82, 2.24) is 5.32 Å².